The van der Waals surface area contributed by atoms with Crippen molar-refractivity contribution in [1.82, 2.24) is 9.88 Å². The fourth-order valence-electron chi connectivity index (χ4n) is 2.62. The van der Waals surface area contributed by atoms with Crippen LogP contribution in [0.3, 0.4) is 0 Å². The lowest BCUT2D eigenvalue weighted by Crippen LogP contribution is -2.32. The van der Waals surface area contributed by atoms with Crippen molar-refractivity contribution >= 4 is 22.8 Å². The summed E-state index contributed by atoms with van der Waals surface area (Å²) < 4.78 is 5.09. The highest BCUT2D eigenvalue weighted by molar-refractivity contribution is 5.86. The maximum atomic E-state index is 12.1. The van der Waals surface area contributed by atoms with Gasteiger partial charge in [-0.05, 0) is 31.0 Å². The summed E-state index contributed by atoms with van der Waals surface area (Å²) in [6.07, 6.45) is 0.321. The van der Waals surface area contributed by atoms with Crippen LogP contribution < -0.4 is 0 Å². The summed E-state index contributed by atoms with van der Waals surface area (Å²) in [5.74, 6) is -0.793. The number of aryl methyl sites for hydroxylation is 2. The van der Waals surface area contributed by atoms with E-state index in [-0.39, 0.29) is 25.4 Å². The molecule has 0 atom stereocenters. The van der Waals surface area contributed by atoms with Crippen LogP contribution in [0.5, 0.6) is 0 Å². The largest absolute Gasteiger partial charge is 0.455 e. The first kappa shape index (κ1) is 18.4. The highest BCUT2D eigenvalue weighted by atomic mass is 16.5. The van der Waals surface area contributed by atoms with Gasteiger partial charge in [-0.3, -0.25) is 14.6 Å². The predicted octanol–water partition coefficient (Wildman–Crippen LogP) is 2.31. The van der Waals surface area contributed by atoms with Crippen LogP contribution in [0.1, 0.15) is 23.2 Å². The number of benzene rings is 1. The molecule has 0 bridgehead atoms. The molecule has 1 heterocycles. The summed E-state index contributed by atoms with van der Waals surface area (Å²) in [5, 5.41) is 9.53. The zero-order valence-corrected chi connectivity index (χ0v) is 14.7. The number of carbonyl (C=O) groups excluding carboxylic acids is 2. The number of para-hydroxylation sites is 1. The number of esters is 1. The molecular weight excluding hydrogens is 318 g/mol. The Bertz CT molecular complexity index is 840. The Morgan fingerprint density at radius 2 is 2.00 bits per heavy atom. The average Bonchev–Trinajstić information content (AvgIpc) is 2.61. The predicted molar refractivity (Wildman–Crippen MR) is 93.7 cm³/mol. The van der Waals surface area contributed by atoms with Crippen LogP contribution in [-0.2, 0) is 20.7 Å². The topological polar surface area (TPSA) is 83.3 Å². The molecule has 0 unspecified atom stereocenters. The molecule has 0 radical (unpaired) electrons. The highest BCUT2D eigenvalue weighted by Gasteiger charge is 2.16. The third-order valence-corrected chi connectivity index (χ3v) is 4.15. The molecule has 25 heavy (non-hydrogen) atoms. The molecule has 1 aromatic heterocycles. The number of rotatable bonds is 6. The molecule has 0 N–H and O–H groups in total. The van der Waals surface area contributed by atoms with E-state index in [4.69, 9.17) is 10.00 Å². The molecule has 130 valence electrons. The van der Waals surface area contributed by atoms with Crippen molar-refractivity contribution in [1.29, 1.82) is 5.26 Å². The normalized spacial score (nSPS) is 10.3. The van der Waals surface area contributed by atoms with E-state index in [2.05, 4.69) is 4.98 Å². The van der Waals surface area contributed by atoms with Gasteiger partial charge in [0.1, 0.15) is 0 Å². The highest BCUT2D eigenvalue weighted by Crippen LogP contribution is 2.23. The fourth-order valence-corrected chi connectivity index (χ4v) is 2.62. The van der Waals surface area contributed by atoms with Gasteiger partial charge in [0, 0.05) is 24.7 Å². The first-order valence-electron chi connectivity index (χ1n) is 8.05. The fraction of sp³-hybridized carbons (Fsp3) is 0.368. The summed E-state index contributed by atoms with van der Waals surface area (Å²) in [6, 6.07) is 9.74. The third-order valence-electron chi connectivity index (χ3n) is 4.15. The minimum Gasteiger partial charge on any atom is -0.455 e. The number of amides is 1. The molecule has 1 amide bonds. The molecule has 0 saturated heterocycles. The molecular formula is C19H21N3O3. The lowest BCUT2D eigenvalue weighted by molar-refractivity contribution is -0.150. The van der Waals surface area contributed by atoms with Crippen molar-refractivity contribution in [2.24, 2.45) is 0 Å². The second kappa shape index (κ2) is 8.25. The minimum absolute atomic E-state index is 0.0741. The van der Waals surface area contributed by atoms with E-state index >= 15 is 0 Å². The maximum Gasteiger partial charge on any atom is 0.310 e. The van der Waals surface area contributed by atoms with Crippen LogP contribution in [0.25, 0.3) is 10.9 Å². The molecule has 0 aliphatic rings. The molecule has 1 aromatic carbocycles. The zero-order valence-electron chi connectivity index (χ0n) is 14.7. The zero-order chi connectivity index (χ0) is 18.4. The molecule has 6 nitrogen and oxygen atoms in total. The van der Waals surface area contributed by atoms with Crippen molar-refractivity contribution < 1.29 is 14.3 Å². The number of pyridine rings is 1. The number of fused-ring (bicyclic) bond motifs is 1. The standard InChI is InChI=1S/C19H21N3O3/c1-13-15-7-4-5-8-17(15)21-14(2)16(13)11-19(24)25-12-18(23)22(3)10-6-9-20/h4-5,7-8H,6,10-12H2,1-3H3. The number of carbonyl (C=O) groups is 2. The van der Waals surface area contributed by atoms with Gasteiger partial charge < -0.3 is 9.64 Å². The Balaban J connectivity index is 2.03. The van der Waals surface area contributed by atoms with E-state index in [0.717, 1.165) is 27.7 Å². The van der Waals surface area contributed by atoms with Crippen LogP contribution in [0.4, 0.5) is 0 Å². The van der Waals surface area contributed by atoms with Crippen molar-refractivity contribution in [3.8, 4) is 6.07 Å². The summed E-state index contributed by atoms with van der Waals surface area (Å²) in [6.45, 7) is 3.82. The van der Waals surface area contributed by atoms with Crippen molar-refractivity contribution in [3.63, 3.8) is 0 Å². The van der Waals surface area contributed by atoms with Crippen LogP contribution in [0.15, 0.2) is 24.3 Å². The Hall–Kier alpha value is -2.94. The van der Waals surface area contributed by atoms with Crippen molar-refractivity contribution in [2.45, 2.75) is 26.7 Å². The lowest BCUT2D eigenvalue weighted by atomic mass is 10.00. The number of ether oxygens (including phenoxy) is 1. The van der Waals surface area contributed by atoms with E-state index in [0.29, 0.717) is 6.54 Å². The Morgan fingerprint density at radius 1 is 1.28 bits per heavy atom. The number of hydrogen-bond donors (Lipinski definition) is 0. The Morgan fingerprint density at radius 3 is 2.72 bits per heavy atom. The van der Waals surface area contributed by atoms with Gasteiger partial charge in [0.05, 0.1) is 24.4 Å². The molecule has 2 aromatic rings. The van der Waals surface area contributed by atoms with Gasteiger partial charge in [0.15, 0.2) is 6.61 Å². The average molecular weight is 339 g/mol. The van der Waals surface area contributed by atoms with Crippen LogP contribution in [0.2, 0.25) is 0 Å². The van der Waals surface area contributed by atoms with Crippen molar-refractivity contribution in [3.05, 3.63) is 41.1 Å². The smallest absolute Gasteiger partial charge is 0.310 e. The number of hydrogen-bond acceptors (Lipinski definition) is 5. The molecule has 6 heteroatoms. The Labute approximate surface area is 147 Å². The van der Waals surface area contributed by atoms with Gasteiger partial charge in [-0.1, -0.05) is 18.2 Å². The summed E-state index contributed by atoms with van der Waals surface area (Å²) >= 11 is 0. The second-order valence-electron chi connectivity index (χ2n) is 5.88. The molecule has 0 aliphatic heterocycles. The van der Waals surface area contributed by atoms with Crippen LogP contribution >= 0.6 is 0 Å². The number of nitriles is 1. The van der Waals surface area contributed by atoms with Gasteiger partial charge in [-0.2, -0.15) is 5.26 Å². The number of nitrogens with zero attached hydrogens (tertiary/aromatic N) is 3. The summed E-state index contributed by atoms with van der Waals surface area (Å²) in [5.41, 5.74) is 3.50. The molecule has 0 aliphatic carbocycles. The molecule has 2 rings (SSSR count). The van der Waals surface area contributed by atoms with E-state index in [9.17, 15) is 9.59 Å². The van der Waals surface area contributed by atoms with E-state index < -0.39 is 5.97 Å². The summed E-state index contributed by atoms with van der Waals surface area (Å²) in [7, 11) is 1.58. The molecule has 0 saturated carbocycles. The van der Waals surface area contributed by atoms with Crippen molar-refractivity contribution in [2.75, 3.05) is 20.2 Å². The molecule has 0 spiro atoms. The van der Waals surface area contributed by atoms with E-state index in [1.165, 1.54) is 4.90 Å². The molecule has 0 fully saturated rings. The van der Waals surface area contributed by atoms with E-state index in [1.54, 1.807) is 7.05 Å². The van der Waals surface area contributed by atoms with Gasteiger partial charge in [-0.25, -0.2) is 0 Å². The first-order valence-corrected chi connectivity index (χ1v) is 8.05. The van der Waals surface area contributed by atoms with Crippen LogP contribution in [0, 0.1) is 25.2 Å². The minimum atomic E-state index is -0.467. The van der Waals surface area contributed by atoms with E-state index in [1.807, 2.05) is 44.2 Å². The first-order chi connectivity index (χ1) is 11.9. The summed E-state index contributed by atoms with van der Waals surface area (Å²) in [4.78, 5) is 29.9. The SMILES string of the molecule is Cc1nc2ccccc2c(C)c1CC(=O)OCC(=O)N(C)CCC#N. The van der Waals surface area contributed by atoms with Gasteiger partial charge in [0.2, 0.25) is 0 Å². The number of likely N-dealkylation sites (N-methyl/N-ethyl adjacent to an activating group) is 1. The quantitative estimate of drug-likeness (QED) is 0.754. The number of aromatic nitrogens is 1. The second-order valence-corrected chi connectivity index (χ2v) is 5.88. The Kier molecular flexibility index (Phi) is 6.07. The third kappa shape index (κ3) is 4.54. The van der Waals surface area contributed by atoms with Gasteiger partial charge >= 0.3 is 5.97 Å². The maximum absolute atomic E-state index is 12.1. The van der Waals surface area contributed by atoms with Crippen LogP contribution in [-0.4, -0.2) is 42.0 Å². The van der Waals surface area contributed by atoms with Gasteiger partial charge in [-0.15, -0.1) is 0 Å². The van der Waals surface area contributed by atoms with Gasteiger partial charge in [0.25, 0.3) is 5.91 Å². The monoisotopic (exact) mass is 339 g/mol. The lowest BCUT2D eigenvalue weighted by Gasteiger charge is -2.16.